The molecule has 1 unspecified atom stereocenters. The number of likely N-dealkylation sites (tertiary alicyclic amines) is 1. The molecule has 2 aliphatic rings. The number of carbonyl (C=O) groups is 1. The summed E-state index contributed by atoms with van der Waals surface area (Å²) in [4.78, 5) is 14.7. The first-order valence-corrected chi connectivity index (χ1v) is 8.62. The Labute approximate surface area is 145 Å². The molecule has 5 heteroatoms. The van der Waals surface area contributed by atoms with E-state index in [4.69, 9.17) is 5.73 Å². The highest BCUT2D eigenvalue weighted by molar-refractivity contribution is 5.92. The zero-order chi connectivity index (χ0) is 15.4. The van der Waals surface area contributed by atoms with Crippen molar-refractivity contribution in [1.82, 2.24) is 4.90 Å². The number of amides is 1. The smallest absolute Gasteiger partial charge is 0.238 e. The first kappa shape index (κ1) is 18.2. The molecule has 4 nitrogen and oxygen atoms in total. The zero-order valence-corrected chi connectivity index (χ0v) is 14.5. The molecule has 0 saturated carbocycles. The van der Waals surface area contributed by atoms with E-state index in [1.807, 2.05) is 6.07 Å². The maximum atomic E-state index is 12.3. The molecular formula is C18H28ClN3O. The minimum atomic E-state index is 0. The molecule has 1 amide bonds. The first-order chi connectivity index (χ1) is 10.8. The van der Waals surface area contributed by atoms with Gasteiger partial charge in [0.2, 0.25) is 5.91 Å². The van der Waals surface area contributed by atoms with Crippen molar-refractivity contribution in [2.75, 3.05) is 25.0 Å². The summed E-state index contributed by atoms with van der Waals surface area (Å²) in [6.45, 7) is 2.21. The Morgan fingerprint density at radius 3 is 2.87 bits per heavy atom. The molecule has 1 aromatic rings. The number of halogens is 1. The number of nitrogens with one attached hydrogen (secondary N) is 1. The Hall–Kier alpha value is -1.10. The number of rotatable bonds is 5. The number of hydrogen-bond donors (Lipinski definition) is 2. The summed E-state index contributed by atoms with van der Waals surface area (Å²) >= 11 is 0. The van der Waals surface area contributed by atoms with Crippen molar-refractivity contribution in [2.45, 2.75) is 51.0 Å². The van der Waals surface area contributed by atoms with Crippen LogP contribution in [0.1, 0.15) is 43.2 Å². The van der Waals surface area contributed by atoms with Gasteiger partial charge < -0.3 is 11.1 Å². The van der Waals surface area contributed by atoms with Crippen LogP contribution in [0.2, 0.25) is 0 Å². The first-order valence-electron chi connectivity index (χ1n) is 8.62. The van der Waals surface area contributed by atoms with Gasteiger partial charge in [0.05, 0.1) is 6.54 Å². The summed E-state index contributed by atoms with van der Waals surface area (Å²) in [5.74, 6) is 0.0990. The average Bonchev–Trinajstić information content (AvgIpc) is 2.97. The molecule has 128 valence electrons. The summed E-state index contributed by atoms with van der Waals surface area (Å²) in [7, 11) is 0. The molecule has 0 spiro atoms. The van der Waals surface area contributed by atoms with Crippen LogP contribution in [0.3, 0.4) is 0 Å². The Morgan fingerprint density at radius 1 is 1.22 bits per heavy atom. The molecule has 23 heavy (non-hydrogen) atoms. The molecule has 1 aromatic carbocycles. The van der Waals surface area contributed by atoms with Gasteiger partial charge in [0.1, 0.15) is 0 Å². The third kappa shape index (κ3) is 4.69. The molecule has 1 heterocycles. The van der Waals surface area contributed by atoms with Crippen LogP contribution in [-0.4, -0.2) is 36.5 Å². The maximum Gasteiger partial charge on any atom is 0.238 e. The van der Waals surface area contributed by atoms with Crippen LogP contribution in [0.5, 0.6) is 0 Å². The van der Waals surface area contributed by atoms with Gasteiger partial charge >= 0.3 is 0 Å². The number of piperidine rings is 1. The van der Waals surface area contributed by atoms with Crippen LogP contribution < -0.4 is 11.1 Å². The van der Waals surface area contributed by atoms with Gasteiger partial charge in [-0.05, 0) is 74.9 Å². The summed E-state index contributed by atoms with van der Waals surface area (Å²) in [5.41, 5.74) is 9.48. The van der Waals surface area contributed by atoms with Crippen LogP contribution in [0.25, 0.3) is 0 Å². The maximum absolute atomic E-state index is 12.3. The monoisotopic (exact) mass is 337 g/mol. The molecule has 1 fully saturated rings. The predicted molar refractivity (Wildman–Crippen MR) is 97.2 cm³/mol. The quantitative estimate of drug-likeness (QED) is 0.868. The molecule has 0 aromatic heterocycles. The van der Waals surface area contributed by atoms with Gasteiger partial charge in [-0.1, -0.05) is 12.5 Å². The van der Waals surface area contributed by atoms with Crippen LogP contribution in [-0.2, 0) is 17.6 Å². The fraction of sp³-hybridized carbons (Fsp3) is 0.611. The van der Waals surface area contributed by atoms with Crippen molar-refractivity contribution in [3.8, 4) is 0 Å². The third-order valence-corrected chi connectivity index (χ3v) is 4.98. The Kier molecular flexibility index (Phi) is 6.88. The van der Waals surface area contributed by atoms with E-state index in [0.717, 1.165) is 25.1 Å². The SMILES string of the molecule is Cl.NCCC1CCCCN1CC(=O)Nc1ccc2c(c1)CCC2. The lowest BCUT2D eigenvalue weighted by Crippen LogP contribution is -2.44. The molecule has 1 aliphatic heterocycles. The van der Waals surface area contributed by atoms with E-state index in [2.05, 4.69) is 22.3 Å². The minimum Gasteiger partial charge on any atom is -0.330 e. The zero-order valence-electron chi connectivity index (χ0n) is 13.7. The van der Waals surface area contributed by atoms with Crippen molar-refractivity contribution in [3.63, 3.8) is 0 Å². The highest BCUT2D eigenvalue weighted by atomic mass is 35.5. The second-order valence-corrected chi connectivity index (χ2v) is 6.58. The van der Waals surface area contributed by atoms with E-state index in [-0.39, 0.29) is 18.3 Å². The lowest BCUT2D eigenvalue weighted by molar-refractivity contribution is -0.118. The molecule has 1 atom stereocenters. The Balaban J connectivity index is 0.00000192. The molecule has 1 aliphatic carbocycles. The predicted octanol–water partition coefficient (Wildman–Crippen LogP) is 2.74. The highest BCUT2D eigenvalue weighted by Gasteiger charge is 2.23. The van der Waals surface area contributed by atoms with Gasteiger partial charge in [-0.3, -0.25) is 9.69 Å². The van der Waals surface area contributed by atoms with E-state index in [1.165, 1.54) is 43.2 Å². The van der Waals surface area contributed by atoms with Gasteiger partial charge in [-0.25, -0.2) is 0 Å². The lowest BCUT2D eigenvalue weighted by Gasteiger charge is -2.35. The average molecular weight is 338 g/mol. The van der Waals surface area contributed by atoms with E-state index >= 15 is 0 Å². The number of aryl methyl sites for hydroxylation is 2. The van der Waals surface area contributed by atoms with E-state index in [0.29, 0.717) is 19.1 Å². The van der Waals surface area contributed by atoms with Crippen molar-refractivity contribution < 1.29 is 4.79 Å². The summed E-state index contributed by atoms with van der Waals surface area (Å²) in [6, 6.07) is 6.82. The van der Waals surface area contributed by atoms with Crippen molar-refractivity contribution >= 4 is 24.0 Å². The van der Waals surface area contributed by atoms with Crippen LogP contribution in [0.15, 0.2) is 18.2 Å². The van der Waals surface area contributed by atoms with Gasteiger partial charge in [0.15, 0.2) is 0 Å². The number of fused-ring (bicyclic) bond motifs is 1. The summed E-state index contributed by atoms with van der Waals surface area (Å²) in [5, 5.41) is 3.07. The van der Waals surface area contributed by atoms with Gasteiger partial charge in [-0.15, -0.1) is 12.4 Å². The van der Waals surface area contributed by atoms with E-state index < -0.39 is 0 Å². The Bertz CT molecular complexity index is 533. The van der Waals surface area contributed by atoms with E-state index in [1.54, 1.807) is 0 Å². The van der Waals surface area contributed by atoms with Gasteiger partial charge in [0.25, 0.3) is 0 Å². The number of hydrogen-bond acceptors (Lipinski definition) is 3. The number of benzene rings is 1. The van der Waals surface area contributed by atoms with E-state index in [9.17, 15) is 4.79 Å². The van der Waals surface area contributed by atoms with Crippen LogP contribution >= 0.6 is 12.4 Å². The van der Waals surface area contributed by atoms with Crippen LogP contribution in [0.4, 0.5) is 5.69 Å². The number of carbonyl (C=O) groups excluding carboxylic acids is 1. The normalized spacial score (nSPS) is 20.7. The molecule has 0 radical (unpaired) electrons. The van der Waals surface area contributed by atoms with Crippen molar-refractivity contribution in [3.05, 3.63) is 29.3 Å². The highest BCUT2D eigenvalue weighted by Crippen LogP contribution is 2.25. The number of nitrogens with two attached hydrogens (primary N) is 1. The van der Waals surface area contributed by atoms with Gasteiger partial charge in [0, 0.05) is 11.7 Å². The molecule has 0 bridgehead atoms. The molecule has 3 N–H and O–H groups in total. The van der Waals surface area contributed by atoms with Gasteiger partial charge in [-0.2, -0.15) is 0 Å². The van der Waals surface area contributed by atoms with Crippen molar-refractivity contribution in [2.24, 2.45) is 5.73 Å². The summed E-state index contributed by atoms with van der Waals surface area (Å²) < 4.78 is 0. The molecular weight excluding hydrogens is 310 g/mol. The lowest BCUT2D eigenvalue weighted by atomic mass is 9.99. The topological polar surface area (TPSA) is 58.4 Å². The minimum absolute atomic E-state index is 0. The second-order valence-electron chi connectivity index (χ2n) is 6.58. The molecule has 3 rings (SSSR count). The second kappa shape index (κ2) is 8.67. The number of nitrogens with zero attached hydrogens (tertiary/aromatic N) is 1. The van der Waals surface area contributed by atoms with Crippen LogP contribution in [0, 0.1) is 0 Å². The largest absolute Gasteiger partial charge is 0.330 e. The third-order valence-electron chi connectivity index (χ3n) is 4.98. The number of anilines is 1. The standard InChI is InChI=1S/C18H27N3O.ClH/c19-10-9-17-6-1-2-11-21(17)13-18(22)20-16-8-7-14-4-3-5-15(14)12-16;/h7-8,12,17H,1-6,9-11,13,19H2,(H,20,22);1H. The fourth-order valence-electron chi connectivity index (χ4n) is 3.82. The Morgan fingerprint density at radius 2 is 2.04 bits per heavy atom. The fourth-order valence-corrected chi connectivity index (χ4v) is 3.82. The summed E-state index contributed by atoms with van der Waals surface area (Å²) in [6.07, 6.45) is 8.17. The van der Waals surface area contributed by atoms with Crippen molar-refractivity contribution in [1.29, 1.82) is 0 Å². The molecule has 1 saturated heterocycles.